The minimum absolute atomic E-state index is 0.744. The molecule has 0 N–H and O–H groups in total. The van der Waals surface area contributed by atoms with Crippen molar-refractivity contribution in [2.24, 2.45) is 11.8 Å². The summed E-state index contributed by atoms with van der Waals surface area (Å²) in [7, 11) is 0. The van der Waals surface area contributed by atoms with Crippen LogP contribution < -0.4 is 0 Å². The van der Waals surface area contributed by atoms with Crippen LogP contribution in [0.25, 0.3) is 0 Å². The van der Waals surface area contributed by atoms with Crippen LogP contribution in [0.5, 0.6) is 0 Å². The molecule has 2 saturated heterocycles. The van der Waals surface area contributed by atoms with E-state index in [4.69, 9.17) is 0 Å². The molecule has 0 aromatic rings. The standard InChI is InChI=1S/C14H28N2S/c1-13(12-17)10-16-8-4-14(5-9-16)11-15-6-2-3-7-15/h13-14,17H,2-12H2,1H3. The van der Waals surface area contributed by atoms with Crippen LogP contribution in [0.4, 0.5) is 0 Å². The number of piperidine rings is 1. The number of nitrogens with zero attached hydrogens (tertiary/aromatic N) is 2. The number of likely N-dealkylation sites (tertiary alicyclic amines) is 2. The molecule has 2 heterocycles. The zero-order chi connectivity index (χ0) is 12.1. The SMILES string of the molecule is CC(CS)CN1CCC(CN2CCCC2)CC1. The molecule has 100 valence electrons. The van der Waals surface area contributed by atoms with E-state index in [1.165, 1.54) is 65.0 Å². The largest absolute Gasteiger partial charge is 0.303 e. The quantitative estimate of drug-likeness (QED) is 0.755. The molecule has 0 bridgehead atoms. The number of hydrogen-bond acceptors (Lipinski definition) is 3. The van der Waals surface area contributed by atoms with Gasteiger partial charge in [-0.3, -0.25) is 0 Å². The Bertz CT molecular complexity index is 208. The Morgan fingerprint density at radius 3 is 2.29 bits per heavy atom. The van der Waals surface area contributed by atoms with E-state index in [0.29, 0.717) is 0 Å². The summed E-state index contributed by atoms with van der Waals surface area (Å²) in [6.45, 7) is 10.3. The molecule has 0 aromatic carbocycles. The van der Waals surface area contributed by atoms with Crippen LogP contribution in [0.2, 0.25) is 0 Å². The lowest BCUT2D eigenvalue weighted by Crippen LogP contribution is -2.40. The smallest absolute Gasteiger partial charge is 0.00148 e. The molecule has 2 aliphatic rings. The lowest BCUT2D eigenvalue weighted by molar-refractivity contribution is 0.143. The highest BCUT2D eigenvalue weighted by Crippen LogP contribution is 2.21. The van der Waals surface area contributed by atoms with Gasteiger partial charge in [0.1, 0.15) is 0 Å². The van der Waals surface area contributed by atoms with Crippen LogP contribution in [-0.4, -0.2) is 54.8 Å². The van der Waals surface area contributed by atoms with Gasteiger partial charge >= 0.3 is 0 Å². The molecule has 1 atom stereocenters. The van der Waals surface area contributed by atoms with Crippen molar-refractivity contribution < 1.29 is 0 Å². The number of thiol groups is 1. The Morgan fingerprint density at radius 2 is 1.71 bits per heavy atom. The second-order valence-corrected chi connectivity index (χ2v) is 6.40. The molecule has 3 heteroatoms. The van der Waals surface area contributed by atoms with Gasteiger partial charge in [-0.05, 0) is 69.5 Å². The fraction of sp³-hybridized carbons (Fsp3) is 1.00. The molecule has 2 nitrogen and oxygen atoms in total. The predicted octanol–water partition coefficient (Wildman–Crippen LogP) is 2.36. The second-order valence-electron chi connectivity index (χ2n) is 6.04. The third-order valence-electron chi connectivity index (χ3n) is 4.30. The van der Waals surface area contributed by atoms with E-state index in [2.05, 4.69) is 29.4 Å². The second kappa shape index (κ2) is 7.01. The van der Waals surface area contributed by atoms with Crippen molar-refractivity contribution >= 4 is 12.6 Å². The monoisotopic (exact) mass is 256 g/mol. The third kappa shape index (κ3) is 4.46. The first-order valence-electron chi connectivity index (χ1n) is 7.33. The van der Waals surface area contributed by atoms with Crippen molar-refractivity contribution in [3.63, 3.8) is 0 Å². The summed E-state index contributed by atoms with van der Waals surface area (Å²) in [5.41, 5.74) is 0. The maximum Gasteiger partial charge on any atom is 0.00148 e. The molecule has 0 saturated carbocycles. The van der Waals surface area contributed by atoms with Gasteiger partial charge in [-0.2, -0.15) is 12.6 Å². The molecule has 0 amide bonds. The zero-order valence-electron chi connectivity index (χ0n) is 11.3. The van der Waals surface area contributed by atoms with Crippen molar-refractivity contribution in [1.82, 2.24) is 9.80 Å². The molecule has 0 radical (unpaired) electrons. The van der Waals surface area contributed by atoms with Gasteiger partial charge in [-0.25, -0.2) is 0 Å². The van der Waals surface area contributed by atoms with Crippen LogP contribution in [0.3, 0.4) is 0 Å². The first-order valence-corrected chi connectivity index (χ1v) is 7.96. The maximum atomic E-state index is 4.38. The van der Waals surface area contributed by atoms with Crippen LogP contribution in [0.1, 0.15) is 32.6 Å². The molecule has 0 spiro atoms. The lowest BCUT2D eigenvalue weighted by atomic mass is 9.95. The molecule has 2 fully saturated rings. The van der Waals surface area contributed by atoms with Gasteiger partial charge in [-0.1, -0.05) is 6.92 Å². The Balaban J connectivity index is 1.63. The van der Waals surface area contributed by atoms with Gasteiger partial charge < -0.3 is 9.80 Å². The van der Waals surface area contributed by atoms with Crippen LogP contribution in [-0.2, 0) is 0 Å². The first-order chi connectivity index (χ1) is 8.28. The highest BCUT2D eigenvalue weighted by molar-refractivity contribution is 7.80. The average Bonchev–Trinajstić information content (AvgIpc) is 2.84. The molecule has 1 unspecified atom stereocenters. The normalized spacial score (nSPS) is 26.5. The summed E-state index contributed by atoms with van der Waals surface area (Å²) < 4.78 is 0. The molecule has 17 heavy (non-hydrogen) atoms. The van der Waals surface area contributed by atoms with Gasteiger partial charge in [0.2, 0.25) is 0 Å². The topological polar surface area (TPSA) is 6.48 Å². The molecule has 0 aromatic heterocycles. The zero-order valence-corrected chi connectivity index (χ0v) is 12.2. The lowest BCUT2D eigenvalue weighted by Gasteiger charge is -2.34. The summed E-state index contributed by atoms with van der Waals surface area (Å²) in [5.74, 6) is 2.73. The summed E-state index contributed by atoms with van der Waals surface area (Å²) in [6.07, 6.45) is 5.68. The van der Waals surface area contributed by atoms with E-state index in [-0.39, 0.29) is 0 Å². The summed E-state index contributed by atoms with van der Waals surface area (Å²) in [6, 6.07) is 0. The summed E-state index contributed by atoms with van der Waals surface area (Å²) in [5, 5.41) is 0. The Labute approximate surface area is 112 Å². The van der Waals surface area contributed by atoms with Gasteiger partial charge in [-0.15, -0.1) is 0 Å². The van der Waals surface area contributed by atoms with Crippen LogP contribution in [0.15, 0.2) is 0 Å². The summed E-state index contributed by atoms with van der Waals surface area (Å²) in [4.78, 5) is 5.32. The first kappa shape index (κ1) is 13.7. The van der Waals surface area contributed by atoms with Crippen molar-refractivity contribution in [1.29, 1.82) is 0 Å². The fourth-order valence-electron chi connectivity index (χ4n) is 3.18. The van der Waals surface area contributed by atoms with Crippen LogP contribution >= 0.6 is 12.6 Å². The Morgan fingerprint density at radius 1 is 1.06 bits per heavy atom. The van der Waals surface area contributed by atoms with Gasteiger partial charge in [0.05, 0.1) is 0 Å². The van der Waals surface area contributed by atoms with Gasteiger partial charge in [0.15, 0.2) is 0 Å². The molecule has 2 rings (SSSR count). The summed E-state index contributed by atoms with van der Waals surface area (Å²) >= 11 is 4.38. The average molecular weight is 256 g/mol. The molecular formula is C14H28N2S. The van der Waals surface area contributed by atoms with E-state index < -0.39 is 0 Å². The van der Waals surface area contributed by atoms with E-state index in [1.54, 1.807) is 0 Å². The van der Waals surface area contributed by atoms with E-state index >= 15 is 0 Å². The highest BCUT2D eigenvalue weighted by atomic mass is 32.1. The van der Waals surface area contributed by atoms with E-state index in [0.717, 1.165) is 17.6 Å². The molecular weight excluding hydrogens is 228 g/mol. The maximum absolute atomic E-state index is 4.38. The minimum Gasteiger partial charge on any atom is -0.303 e. The third-order valence-corrected chi connectivity index (χ3v) is 4.93. The van der Waals surface area contributed by atoms with E-state index in [9.17, 15) is 0 Å². The highest BCUT2D eigenvalue weighted by Gasteiger charge is 2.23. The van der Waals surface area contributed by atoms with Crippen molar-refractivity contribution in [2.45, 2.75) is 32.6 Å². The van der Waals surface area contributed by atoms with E-state index in [1.807, 2.05) is 0 Å². The van der Waals surface area contributed by atoms with Crippen LogP contribution in [0, 0.1) is 11.8 Å². The molecule has 0 aliphatic carbocycles. The predicted molar refractivity (Wildman–Crippen MR) is 77.9 cm³/mol. The van der Waals surface area contributed by atoms with Crippen molar-refractivity contribution in [3.8, 4) is 0 Å². The Kier molecular flexibility index (Phi) is 5.64. The van der Waals surface area contributed by atoms with Crippen molar-refractivity contribution in [2.75, 3.05) is 45.0 Å². The Hall–Kier alpha value is 0.270. The minimum atomic E-state index is 0.744. The molecule has 2 aliphatic heterocycles. The van der Waals surface area contributed by atoms with Gasteiger partial charge in [0.25, 0.3) is 0 Å². The fourth-order valence-corrected chi connectivity index (χ4v) is 3.30. The van der Waals surface area contributed by atoms with Crippen molar-refractivity contribution in [3.05, 3.63) is 0 Å². The van der Waals surface area contributed by atoms with Gasteiger partial charge in [0, 0.05) is 13.1 Å². The number of hydrogen-bond donors (Lipinski definition) is 1. The number of rotatable bonds is 5.